The van der Waals surface area contributed by atoms with E-state index in [0.29, 0.717) is 61.2 Å². The number of nitrogen functional groups attached to an aromatic ring is 1. The first kappa shape index (κ1) is 42.7. The van der Waals surface area contributed by atoms with Crippen LogP contribution in [0.4, 0.5) is 5.69 Å². The zero-order valence-corrected chi connectivity index (χ0v) is 34.7. The lowest BCUT2D eigenvalue weighted by molar-refractivity contribution is 0.0682. The van der Waals surface area contributed by atoms with Crippen molar-refractivity contribution in [2.24, 2.45) is 0 Å². The van der Waals surface area contributed by atoms with Gasteiger partial charge in [0.05, 0.1) is 34.2 Å². The molecule has 9 rings (SSSR count). The molecule has 2 aliphatic carbocycles. The lowest BCUT2D eigenvalue weighted by Crippen LogP contribution is -2.27. The molecule has 0 fully saturated rings. The SMILES string of the molecule is N=c1ccc2c(-c3ccc(C(=O)NCc4ccc(C(=O)NCc5c6oc7cc(O)ccc7c(-c7ccc(C(=O)O)cc7C(=O)O)c-6ccc5=O)cc4)cc3C(=O)O)c3ccc(N)cc3oc-2c1. The summed E-state index contributed by atoms with van der Waals surface area (Å²) in [7, 11) is 0. The van der Waals surface area contributed by atoms with E-state index in [1.54, 1.807) is 48.5 Å². The number of nitrogens with one attached hydrogen (secondary N) is 3. The molecule has 2 amide bonds. The van der Waals surface area contributed by atoms with Crippen LogP contribution < -0.4 is 27.2 Å². The van der Waals surface area contributed by atoms with Crippen molar-refractivity contribution in [1.82, 2.24) is 10.6 Å². The Hall–Kier alpha value is -9.57. The molecular formula is C51H34N4O12. The highest BCUT2D eigenvalue weighted by molar-refractivity contribution is 6.11. The van der Waals surface area contributed by atoms with Gasteiger partial charge in [-0.15, -0.1) is 0 Å². The third-order valence-corrected chi connectivity index (χ3v) is 11.3. The van der Waals surface area contributed by atoms with Gasteiger partial charge in [0.25, 0.3) is 11.8 Å². The van der Waals surface area contributed by atoms with Crippen LogP contribution in [0.25, 0.3) is 66.8 Å². The van der Waals surface area contributed by atoms with Crippen LogP contribution in [0.5, 0.6) is 5.75 Å². The lowest BCUT2D eigenvalue weighted by atomic mass is 9.88. The minimum atomic E-state index is -1.40. The van der Waals surface area contributed by atoms with Gasteiger partial charge in [0.2, 0.25) is 0 Å². The monoisotopic (exact) mass is 894 g/mol. The summed E-state index contributed by atoms with van der Waals surface area (Å²) in [5, 5.41) is 55.1. The number of phenols is 1. The molecule has 0 saturated heterocycles. The van der Waals surface area contributed by atoms with E-state index in [1.165, 1.54) is 72.8 Å². The van der Waals surface area contributed by atoms with Gasteiger partial charge in [-0.3, -0.25) is 14.4 Å². The highest BCUT2D eigenvalue weighted by Crippen LogP contribution is 2.44. The summed E-state index contributed by atoms with van der Waals surface area (Å²) >= 11 is 0. The van der Waals surface area contributed by atoms with E-state index in [1.807, 2.05) is 0 Å². The predicted octanol–water partition coefficient (Wildman–Crippen LogP) is 7.80. The molecule has 2 aliphatic heterocycles. The number of benzene rings is 7. The van der Waals surface area contributed by atoms with E-state index >= 15 is 0 Å². The van der Waals surface area contributed by atoms with Crippen LogP contribution in [-0.2, 0) is 13.1 Å². The van der Waals surface area contributed by atoms with E-state index in [9.17, 15) is 49.2 Å². The summed E-state index contributed by atoms with van der Waals surface area (Å²) in [4.78, 5) is 77.1. The number of hydrogen-bond donors (Lipinski definition) is 8. The van der Waals surface area contributed by atoms with Crippen LogP contribution in [-0.4, -0.2) is 50.1 Å². The molecule has 0 atom stereocenters. The number of hydrogen-bond acceptors (Lipinski definition) is 11. The average Bonchev–Trinajstić information content (AvgIpc) is 3.31. The number of rotatable bonds is 11. The second kappa shape index (κ2) is 16.9. The molecule has 0 spiro atoms. The van der Waals surface area contributed by atoms with Gasteiger partial charge >= 0.3 is 17.9 Å². The fourth-order valence-corrected chi connectivity index (χ4v) is 8.12. The molecule has 0 saturated carbocycles. The second-order valence-electron chi connectivity index (χ2n) is 15.5. The number of nitrogens with two attached hydrogens (primary N) is 1. The first-order valence-corrected chi connectivity index (χ1v) is 20.3. The number of phenolic OH excluding ortho intramolecular Hbond substituents is 1. The Kier molecular flexibility index (Phi) is 10.7. The van der Waals surface area contributed by atoms with Crippen LogP contribution in [0, 0.1) is 5.41 Å². The van der Waals surface area contributed by atoms with Gasteiger partial charge in [-0.25, -0.2) is 14.4 Å². The van der Waals surface area contributed by atoms with Gasteiger partial charge in [0.15, 0.2) is 5.43 Å². The molecular weight excluding hydrogens is 861 g/mol. The smallest absolute Gasteiger partial charge is 0.336 e. The van der Waals surface area contributed by atoms with Crippen molar-refractivity contribution >= 4 is 57.3 Å². The quantitative estimate of drug-likeness (QED) is 0.0455. The van der Waals surface area contributed by atoms with Crippen LogP contribution in [0.3, 0.4) is 0 Å². The summed E-state index contributed by atoms with van der Waals surface area (Å²) < 4.78 is 12.2. The van der Waals surface area contributed by atoms with E-state index in [-0.39, 0.29) is 74.5 Å². The highest BCUT2D eigenvalue weighted by atomic mass is 16.4. The van der Waals surface area contributed by atoms with E-state index < -0.39 is 35.2 Å². The normalized spacial score (nSPS) is 11.2. The van der Waals surface area contributed by atoms with Gasteiger partial charge < -0.3 is 51.0 Å². The van der Waals surface area contributed by atoms with Gasteiger partial charge in [-0.1, -0.05) is 24.3 Å². The van der Waals surface area contributed by atoms with Gasteiger partial charge in [0.1, 0.15) is 28.4 Å². The number of carbonyl (C=O) groups excluding carboxylic acids is 2. The van der Waals surface area contributed by atoms with Crippen molar-refractivity contribution < 1.29 is 53.2 Å². The van der Waals surface area contributed by atoms with Crippen LogP contribution in [0.2, 0.25) is 0 Å². The molecule has 0 aromatic heterocycles. The van der Waals surface area contributed by atoms with Crippen molar-refractivity contribution in [1.29, 1.82) is 5.41 Å². The van der Waals surface area contributed by atoms with Gasteiger partial charge in [-0.2, -0.15) is 0 Å². The van der Waals surface area contributed by atoms with Crippen molar-refractivity contribution in [3.8, 4) is 50.7 Å². The maximum absolute atomic E-state index is 13.4. The summed E-state index contributed by atoms with van der Waals surface area (Å²) in [6.07, 6.45) is 0. The van der Waals surface area contributed by atoms with Crippen molar-refractivity contribution in [3.05, 3.63) is 182 Å². The van der Waals surface area contributed by atoms with Gasteiger partial charge in [0, 0.05) is 74.6 Å². The molecule has 2 heterocycles. The summed E-state index contributed by atoms with van der Waals surface area (Å²) in [5.74, 6) is -4.95. The molecule has 5 aromatic carbocycles. The molecule has 16 heteroatoms. The first-order valence-electron chi connectivity index (χ1n) is 20.3. The Labute approximate surface area is 377 Å². The standard InChI is InChI=1S/C51H34N4O12/c52-28-7-12-33-41(19-28)66-42-20-29(53)8-13-34(42)44(33)31-10-5-26(17-37(31)50(62)63)48(59)54-22-24-1-3-25(4-2-24)47(58)55-23-39-40(57)16-15-36-45(35-14-9-30(56)21-43(35)67-46(36)39)32-11-6-27(49(60)61)18-38(32)51(64)65/h1-21,52,56H,22-23,53H2,(H,54,59)(H,55,58)(H,60,61)(H,62,63)(H,64,65). The van der Waals surface area contributed by atoms with E-state index in [0.717, 1.165) is 6.07 Å². The Morgan fingerprint density at radius 3 is 1.81 bits per heavy atom. The largest absolute Gasteiger partial charge is 0.508 e. The van der Waals surface area contributed by atoms with Crippen molar-refractivity contribution in [3.63, 3.8) is 0 Å². The number of carboxylic acid groups (broad SMARTS) is 3. The zero-order valence-electron chi connectivity index (χ0n) is 34.7. The molecule has 0 radical (unpaired) electrons. The van der Waals surface area contributed by atoms with E-state index in [2.05, 4.69) is 10.6 Å². The molecule has 4 aliphatic rings. The van der Waals surface area contributed by atoms with Crippen molar-refractivity contribution in [2.75, 3.05) is 5.73 Å². The zero-order chi connectivity index (χ0) is 47.3. The Bertz CT molecular complexity index is 3630. The summed E-state index contributed by atoms with van der Waals surface area (Å²) in [5.41, 5.74) is 8.74. The van der Waals surface area contributed by atoms with E-state index in [4.69, 9.17) is 20.0 Å². The molecule has 9 N–H and O–H groups in total. The highest BCUT2D eigenvalue weighted by Gasteiger charge is 2.27. The fraction of sp³-hybridized carbons (Fsp3) is 0.0392. The van der Waals surface area contributed by atoms with Crippen LogP contribution in [0.15, 0.2) is 141 Å². The Balaban J connectivity index is 0.933. The number of anilines is 1. The molecule has 0 bridgehead atoms. The van der Waals surface area contributed by atoms with Crippen LogP contribution >= 0.6 is 0 Å². The first-order chi connectivity index (χ1) is 32.1. The maximum atomic E-state index is 13.4. The lowest BCUT2D eigenvalue weighted by Gasteiger charge is -2.19. The van der Waals surface area contributed by atoms with Gasteiger partial charge in [-0.05, 0) is 102 Å². The van der Waals surface area contributed by atoms with Crippen LogP contribution in [0.1, 0.15) is 62.9 Å². The Morgan fingerprint density at radius 1 is 0.552 bits per heavy atom. The third-order valence-electron chi connectivity index (χ3n) is 11.3. The molecule has 330 valence electrons. The Morgan fingerprint density at radius 2 is 1.12 bits per heavy atom. The number of carbonyl (C=O) groups is 5. The molecule has 67 heavy (non-hydrogen) atoms. The minimum Gasteiger partial charge on any atom is -0.508 e. The average molecular weight is 895 g/mol. The number of fused-ring (bicyclic) bond motifs is 4. The number of carboxylic acids is 3. The molecule has 0 unspecified atom stereocenters. The number of amides is 2. The fourth-order valence-electron chi connectivity index (χ4n) is 8.12. The maximum Gasteiger partial charge on any atom is 0.336 e. The predicted molar refractivity (Wildman–Crippen MR) is 244 cm³/mol. The minimum absolute atomic E-state index is 0.00254. The third kappa shape index (κ3) is 8.01. The summed E-state index contributed by atoms with van der Waals surface area (Å²) in [6.45, 7) is -0.309. The van der Waals surface area contributed by atoms with Crippen molar-refractivity contribution in [2.45, 2.75) is 13.1 Å². The number of aromatic hydroxyl groups is 1. The summed E-state index contributed by atoms with van der Waals surface area (Å²) in [6, 6.07) is 30.9. The second-order valence-corrected chi connectivity index (χ2v) is 15.5. The molecule has 5 aromatic rings. The molecule has 16 nitrogen and oxygen atoms in total. The number of aromatic carboxylic acids is 3. The topological polar surface area (TPSA) is 284 Å².